The molecule has 0 saturated carbocycles. The molecule has 2 N–H and O–H groups in total. The lowest BCUT2D eigenvalue weighted by Crippen LogP contribution is -2.23. The first-order valence-corrected chi connectivity index (χ1v) is 8.68. The number of rotatable bonds is 3. The largest absolute Gasteiger partial charge is 0.311 e. The predicted molar refractivity (Wildman–Crippen MR) is 100 cm³/mol. The van der Waals surface area contributed by atoms with Gasteiger partial charge in [0.15, 0.2) is 0 Å². The van der Waals surface area contributed by atoms with Crippen LogP contribution < -0.4 is 5.32 Å². The van der Waals surface area contributed by atoms with Crippen LogP contribution in [-0.4, -0.2) is 30.9 Å². The van der Waals surface area contributed by atoms with E-state index in [1.165, 1.54) is 0 Å². The van der Waals surface area contributed by atoms with Gasteiger partial charge < -0.3 is 5.32 Å². The number of para-hydroxylation sites is 1. The van der Waals surface area contributed by atoms with E-state index in [-0.39, 0.29) is 11.8 Å². The van der Waals surface area contributed by atoms with E-state index in [0.29, 0.717) is 12.2 Å². The average Bonchev–Trinajstić information content (AvgIpc) is 3.36. The monoisotopic (exact) mass is 356 g/mol. The fourth-order valence-electron chi connectivity index (χ4n) is 3.51. The van der Waals surface area contributed by atoms with Gasteiger partial charge in [-0.05, 0) is 24.3 Å². The Labute approximate surface area is 155 Å². The lowest BCUT2D eigenvalue weighted by Gasteiger charge is -2.21. The first-order valence-electron chi connectivity index (χ1n) is 8.68. The number of hydrogen-bond donors (Lipinski definition) is 2. The number of aromatic amines is 1. The molecule has 7 heteroatoms. The minimum Gasteiger partial charge on any atom is -0.311 e. The van der Waals surface area contributed by atoms with Crippen LogP contribution in [0.1, 0.15) is 23.5 Å². The molecular formula is C20H16N6O. The van der Waals surface area contributed by atoms with Crippen LogP contribution in [0.4, 0.5) is 5.82 Å². The molecule has 0 radical (unpaired) electrons. The molecule has 4 aromatic rings. The number of hydrogen-bond acceptors (Lipinski definition) is 4. The first-order chi connectivity index (χ1) is 13.3. The van der Waals surface area contributed by atoms with Crippen molar-refractivity contribution in [1.82, 2.24) is 25.0 Å². The fourth-order valence-corrected chi connectivity index (χ4v) is 3.51. The summed E-state index contributed by atoms with van der Waals surface area (Å²) in [7, 11) is 0. The summed E-state index contributed by atoms with van der Waals surface area (Å²) in [6.07, 6.45) is 7.63. The van der Waals surface area contributed by atoms with Gasteiger partial charge in [0.2, 0.25) is 5.91 Å². The van der Waals surface area contributed by atoms with Crippen LogP contribution in [0.3, 0.4) is 0 Å². The molecule has 3 aromatic heterocycles. The summed E-state index contributed by atoms with van der Waals surface area (Å²) in [4.78, 5) is 16.3. The number of fused-ring (bicyclic) bond motifs is 1. The quantitative estimate of drug-likeness (QED) is 0.590. The van der Waals surface area contributed by atoms with Crippen LogP contribution in [0.2, 0.25) is 0 Å². The summed E-state index contributed by atoms with van der Waals surface area (Å²) in [5.41, 5.74) is 4.73. The van der Waals surface area contributed by atoms with Gasteiger partial charge in [-0.15, -0.1) is 0 Å². The number of anilines is 1. The van der Waals surface area contributed by atoms with E-state index in [4.69, 9.17) is 5.10 Å². The normalized spacial score (nSPS) is 16.0. The number of nitrogens with one attached hydrogen (secondary N) is 2. The Balaban J connectivity index is 1.70. The van der Waals surface area contributed by atoms with Crippen molar-refractivity contribution in [2.24, 2.45) is 0 Å². The average molecular weight is 356 g/mol. The summed E-state index contributed by atoms with van der Waals surface area (Å²) >= 11 is 0. The lowest BCUT2D eigenvalue weighted by atomic mass is 9.86. The van der Waals surface area contributed by atoms with Crippen LogP contribution in [0, 0.1) is 0 Å². The van der Waals surface area contributed by atoms with Gasteiger partial charge in [0, 0.05) is 47.6 Å². The second kappa shape index (κ2) is 6.21. The first kappa shape index (κ1) is 15.5. The molecular weight excluding hydrogens is 340 g/mol. The van der Waals surface area contributed by atoms with Crippen molar-refractivity contribution < 1.29 is 4.79 Å². The van der Waals surface area contributed by atoms with Crippen LogP contribution in [0.15, 0.2) is 67.3 Å². The Bertz CT molecular complexity index is 1100. The molecule has 1 aliphatic heterocycles. The number of amides is 1. The smallest absolute Gasteiger partial charge is 0.226 e. The van der Waals surface area contributed by atoms with Crippen molar-refractivity contribution in [3.8, 4) is 16.9 Å². The molecule has 0 unspecified atom stereocenters. The summed E-state index contributed by atoms with van der Waals surface area (Å²) in [6, 6.07) is 13.8. The maximum atomic E-state index is 12.2. The minimum absolute atomic E-state index is 0.0371. The standard InChI is InChI=1S/C20H16N6O/c27-18-10-15(16-11-22-24-20(16)23-18)17-12-26(14-4-2-1-3-5-14)25-19(17)13-6-8-21-9-7-13/h1-9,11-12,15H,10H2,(H2,22,23,24,27)/t15-/m0/s1. The number of aromatic nitrogens is 5. The molecule has 1 aromatic carbocycles. The SMILES string of the molecule is O=C1C[C@H](c2cn(-c3ccccc3)nc2-c2ccncc2)c2cn[nH]c2N1. The van der Waals surface area contributed by atoms with Gasteiger partial charge in [-0.2, -0.15) is 10.2 Å². The topological polar surface area (TPSA) is 88.5 Å². The highest BCUT2D eigenvalue weighted by atomic mass is 16.1. The number of carbonyl (C=O) groups excluding carboxylic acids is 1. The van der Waals surface area contributed by atoms with E-state index in [1.54, 1.807) is 18.6 Å². The van der Waals surface area contributed by atoms with Crippen LogP contribution >= 0.6 is 0 Å². The van der Waals surface area contributed by atoms with Crippen molar-refractivity contribution in [1.29, 1.82) is 0 Å². The molecule has 7 nitrogen and oxygen atoms in total. The Kier molecular flexibility index (Phi) is 3.57. The molecule has 132 valence electrons. The third-order valence-electron chi connectivity index (χ3n) is 4.79. The Hall–Kier alpha value is -3.74. The molecule has 0 aliphatic carbocycles. The molecule has 4 heterocycles. The maximum Gasteiger partial charge on any atom is 0.226 e. The Morgan fingerprint density at radius 3 is 2.67 bits per heavy atom. The number of pyridine rings is 1. The number of benzene rings is 1. The maximum absolute atomic E-state index is 12.2. The molecule has 0 spiro atoms. The van der Waals surface area contributed by atoms with E-state index in [1.807, 2.05) is 53.3 Å². The molecule has 1 atom stereocenters. The van der Waals surface area contributed by atoms with Crippen molar-refractivity contribution in [3.05, 3.63) is 78.4 Å². The van der Waals surface area contributed by atoms with Crippen molar-refractivity contribution in [3.63, 3.8) is 0 Å². The molecule has 0 bridgehead atoms. The molecule has 1 amide bonds. The molecule has 27 heavy (non-hydrogen) atoms. The third-order valence-corrected chi connectivity index (χ3v) is 4.79. The van der Waals surface area contributed by atoms with Crippen molar-refractivity contribution in [2.45, 2.75) is 12.3 Å². The third kappa shape index (κ3) is 2.69. The van der Waals surface area contributed by atoms with Gasteiger partial charge in [0.1, 0.15) is 5.82 Å². The van der Waals surface area contributed by atoms with Gasteiger partial charge in [0.25, 0.3) is 0 Å². The zero-order valence-corrected chi connectivity index (χ0v) is 14.3. The van der Waals surface area contributed by atoms with Crippen LogP contribution in [0.25, 0.3) is 16.9 Å². The zero-order chi connectivity index (χ0) is 18.2. The molecule has 0 saturated heterocycles. The minimum atomic E-state index is -0.117. The van der Waals surface area contributed by atoms with E-state index >= 15 is 0 Å². The second-order valence-corrected chi connectivity index (χ2v) is 6.45. The zero-order valence-electron chi connectivity index (χ0n) is 14.3. The Morgan fingerprint density at radius 2 is 1.85 bits per heavy atom. The predicted octanol–water partition coefficient (Wildman–Crippen LogP) is 3.13. The summed E-state index contributed by atoms with van der Waals surface area (Å²) in [5, 5.41) is 14.6. The van der Waals surface area contributed by atoms with Gasteiger partial charge in [-0.3, -0.25) is 14.9 Å². The molecule has 1 aliphatic rings. The van der Waals surface area contributed by atoms with Crippen molar-refractivity contribution >= 4 is 11.7 Å². The highest BCUT2D eigenvalue weighted by Gasteiger charge is 2.31. The summed E-state index contributed by atoms with van der Waals surface area (Å²) in [6.45, 7) is 0. The number of H-pyrrole nitrogens is 1. The van der Waals surface area contributed by atoms with Gasteiger partial charge in [-0.1, -0.05) is 18.2 Å². The van der Waals surface area contributed by atoms with E-state index < -0.39 is 0 Å². The van der Waals surface area contributed by atoms with E-state index in [0.717, 1.165) is 28.1 Å². The Morgan fingerprint density at radius 1 is 1.04 bits per heavy atom. The molecule has 0 fully saturated rings. The number of carbonyl (C=O) groups is 1. The second-order valence-electron chi connectivity index (χ2n) is 6.45. The lowest BCUT2D eigenvalue weighted by molar-refractivity contribution is -0.116. The fraction of sp³-hybridized carbons (Fsp3) is 0.100. The van der Waals surface area contributed by atoms with E-state index in [2.05, 4.69) is 20.5 Å². The van der Waals surface area contributed by atoms with E-state index in [9.17, 15) is 4.79 Å². The van der Waals surface area contributed by atoms with Crippen LogP contribution in [-0.2, 0) is 4.79 Å². The van der Waals surface area contributed by atoms with Crippen molar-refractivity contribution in [2.75, 3.05) is 5.32 Å². The summed E-state index contributed by atoms with van der Waals surface area (Å²) < 4.78 is 1.86. The van der Waals surface area contributed by atoms with Gasteiger partial charge in [0.05, 0.1) is 17.6 Å². The number of nitrogens with zero attached hydrogens (tertiary/aromatic N) is 4. The van der Waals surface area contributed by atoms with Gasteiger partial charge in [-0.25, -0.2) is 4.68 Å². The highest BCUT2D eigenvalue weighted by molar-refractivity contribution is 5.94. The molecule has 5 rings (SSSR count). The van der Waals surface area contributed by atoms with Gasteiger partial charge >= 0.3 is 0 Å². The summed E-state index contributed by atoms with van der Waals surface area (Å²) in [5.74, 6) is 0.502. The highest BCUT2D eigenvalue weighted by Crippen LogP contribution is 2.40. The van der Waals surface area contributed by atoms with Crippen LogP contribution in [0.5, 0.6) is 0 Å².